The molecule has 0 bridgehead atoms. The Morgan fingerprint density at radius 1 is 0.929 bits per heavy atom. The van der Waals surface area contributed by atoms with E-state index in [4.69, 9.17) is 0 Å². The second-order valence-electron chi connectivity index (χ2n) is 5.30. The molecule has 0 aromatic heterocycles. The quantitative estimate of drug-likeness (QED) is 0.629. The summed E-state index contributed by atoms with van der Waals surface area (Å²) in [5, 5.41) is 0. The number of benzene rings is 1. The first-order valence-electron chi connectivity index (χ1n) is 5.01. The van der Waals surface area contributed by atoms with E-state index < -0.39 is 5.67 Å². The molecule has 0 aliphatic rings. The Bertz CT molecular complexity index is 283. The Morgan fingerprint density at radius 3 is 1.86 bits per heavy atom. The topological polar surface area (TPSA) is 0 Å². The van der Waals surface area contributed by atoms with E-state index in [1.807, 2.05) is 18.2 Å². The Kier molecular flexibility index (Phi) is 2.71. The van der Waals surface area contributed by atoms with E-state index in [-0.39, 0.29) is 5.41 Å². The summed E-state index contributed by atoms with van der Waals surface area (Å²) in [6, 6.07) is 7.78. The smallest absolute Gasteiger partial charge is 0.130 e. The van der Waals surface area contributed by atoms with E-state index in [0.717, 1.165) is 5.56 Å². The van der Waals surface area contributed by atoms with Crippen LogP contribution in [0.1, 0.15) is 45.7 Å². The summed E-state index contributed by atoms with van der Waals surface area (Å²) in [7, 11) is 0. The fourth-order valence-electron chi connectivity index (χ4n) is 1.36. The molecule has 1 heteroatoms. The van der Waals surface area contributed by atoms with Crippen molar-refractivity contribution < 1.29 is 4.39 Å². The third kappa shape index (κ3) is 2.57. The number of halogens is 1. The maximum atomic E-state index is 13.7. The van der Waals surface area contributed by atoms with Gasteiger partial charge in [-0.05, 0) is 30.4 Å². The highest BCUT2D eigenvalue weighted by Gasteiger charge is 2.21. The molecule has 0 saturated heterocycles. The molecule has 0 N–H and O–H groups in total. The van der Waals surface area contributed by atoms with Gasteiger partial charge in [-0.25, -0.2) is 4.39 Å². The standard InChI is InChI=1S/C13H19F/c1-12(2,3)10-7-6-8-11(9-10)13(4,5)14/h6-9H,1-5H3. The van der Waals surface area contributed by atoms with Crippen molar-refractivity contribution in [1.82, 2.24) is 0 Å². The minimum absolute atomic E-state index is 0.0846. The zero-order valence-electron chi connectivity index (χ0n) is 9.69. The molecule has 14 heavy (non-hydrogen) atoms. The lowest BCUT2D eigenvalue weighted by atomic mass is 9.84. The highest BCUT2D eigenvalue weighted by molar-refractivity contribution is 5.31. The lowest BCUT2D eigenvalue weighted by Crippen LogP contribution is -2.14. The summed E-state index contributed by atoms with van der Waals surface area (Å²) < 4.78 is 13.7. The average molecular weight is 194 g/mol. The Hall–Kier alpha value is -0.850. The molecule has 0 aliphatic heterocycles. The molecule has 0 fully saturated rings. The summed E-state index contributed by atoms with van der Waals surface area (Å²) in [6.07, 6.45) is 0. The summed E-state index contributed by atoms with van der Waals surface area (Å²) in [4.78, 5) is 0. The molecule has 0 aliphatic carbocycles. The van der Waals surface area contributed by atoms with E-state index in [2.05, 4.69) is 26.8 Å². The first kappa shape index (κ1) is 11.2. The lowest BCUT2D eigenvalue weighted by molar-refractivity contribution is 0.221. The van der Waals surface area contributed by atoms with Gasteiger partial charge in [0.15, 0.2) is 0 Å². The van der Waals surface area contributed by atoms with Gasteiger partial charge in [0.1, 0.15) is 5.67 Å². The molecule has 0 nitrogen and oxygen atoms in total. The van der Waals surface area contributed by atoms with Crippen molar-refractivity contribution in [3.05, 3.63) is 35.4 Å². The molecule has 0 unspecified atom stereocenters. The van der Waals surface area contributed by atoms with Crippen LogP contribution >= 0.6 is 0 Å². The number of hydrogen-bond acceptors (Lipinski definition) is 0. The molecule has 0 saturated carbocycles. The summed E-state index contributed by atoms with van der Waals surface area (Å²) in [5.41, 5.74) is 0.772. The van der Waals surface area contributed by atoms with E-state index in [1.165, 1.54) is 5.56 Å². The lowest BCUT2D eigenvalue weighted by Gasteiger charge is -2.22. The molecule has 0 heterocycles. The van der Waals surface area contributed by atoms with Crippen molar-refractivity contribution in [2.75, 3.05) is 0 Å². The van der Waals surface area contributed by atoms with Crippen LogP contribution in [0.25, 0.3) is 0 Å². The molecular weight excluding hydrogens is 175 g/mol. The van der Waals surface area contributed by atoms with Crippen LogP contribution in [0.3, 0.4) is 0 Å². The maximum Gasteiger partial charge on any atom is 0.130 e. The SMILES string of the molecule is CC(C)(C)c1cccc(C(C)(C)F)c1. The van der Waals surface area contributed by atoms with Crippen molar-refractivity contribution in [3.8, 4) is 0 Å². The van der Waals surface area contributed by atoms with E-state index in [0.29, 0.717) is 0 Å². The van der Waals surface area contributed by atoms with Crippen molar-refractivity contribution in [1.29, 1.82) is 0 Å². The minimum atomic E-state index is -1.25. The summed E-state index contributed by atoms with van der Waals surface area (Å²) in [5.74, 6) is 0. The van der Waals surface area contributed by atoms with Gasteiger partial charge in [-0.3, -0.25) is 0 Å². The Balaban J connectivity index is 3.15. The van der Waals surface area contributed by atoms with E-state index in [9.17, 15) is 4.39 Å². The Labute approximate surface area is 86.2 Å². The first-order valence-corrected chi connectivity index (χ1v) is 5.01. The van der Waals surface area contributed by atoms with Crippen LogP contribution in [0.5, 0.6) is 0 Å². The zero-order valence-corrected chi connectivity index (χ0v) is 9.69. The maximum absolute atomic E-state index is 13.7. The summed E-state index contributed by atoms with van der Waals surface area (Å²) in [6.45, 7) is 9.59. The number of alkyl halides is 1. The molecule has 78 valence electrons. The number of hydrogen-bond donors (Lipinski definition) is 0. The third-order valence-corrected chi connectivity index (χ3v) is 2.42. The van der Waals surface area contributed by atoms with Gasteiger partial charge in [-0.2, -0.15) is 0 Å². The van der Waals surface area contributed by atoms with Crippen LogP contribution in [-0.2, 0) is 11.1 Å². The average Bonchev–Trinajstić information content (AvgIpc) is 2.01. The molecule has 0 amide bonds. The molecule has 1 aromatic rings. The molecule has 0 atom stereocenters. The first-order chi connectivity index (χ1) is 6.21. The van der Waals surface area contributed by atoms with Gasteiger partial charge in [0.2, 0.25) is 0 Å². The highest BCUT2D eigenvalue weighted by atomic mass is 19.1. The normalized spacial score (nSPS) is 13.0. The zero-order chi connectivity index (χ0) is 11.0. The van der Waals surface area contributed by atoms with E-state index in [1.54, 1.807) is 13.8 Å². The van der Waals surface area contributed by atoms with Crippen molar-refractivity contribution in [2.24, 2.45) is 0 Å². The van der Waals surface area contributed by atoms with Crippen LogP contribution in [0.15, 0.2) is 24.3 Å². The van der Waals surface area contributed by atoms with Crippen LogP contribution in [0.2, 0.25) is 0 Å². The fraction of sp³-hybridized carbons (Fsp3) is 0.538. The van der Waals surface area contributed by atoms with Gasteiger partial charge in [0.25, 0.3) is 0 Å². The largest absolute Gasteiger partial charge is 0.239 e. The van der Waals surface area contributed by atoms with Gasteiger partial charge in [0, 0.05) is 0 Å². The van der Waals surface area contributed by atoms with Gasteiger partial charge in [0.05, 0.1) is 0 Å². The minimum Gasteiger partial charge on any atom is -0.239 e. The van der Waals surface area contributed by atoms with Crippen molar-refractivity contribution in [3.63, 3.8) is 0 Å². The van der Waals surface area contributed by atoms with Crippen LogP contribution < -0.4 is 0 Å². The molecule has 0 radical (unpaired) electrons. The van der Waals surface area contributed by atoms with E-state index >= 15 is 0 Å². The molecule has 1 rings (SSSR count). The van der Waals surface area contributed by atoms with Crippen LogP contribution in [0.4, 0.5) is 4.39 Å². The molecule has 0 spiro atoms. The third-order valence-electron chi connectivity index (χ3n) is 2.42. The molecular formula is C13H19F. The Morgan fingerprint density at radius 2 is 1.43 bits per heavy atom. The second kappa shape index (κ2) is 3.38. The van der Waals surface area contributed by atoms with Gasteiger partial charge in [-0.15, -0.1) is 0 Å². The van der Waals surface area contributed by atoms with Crippen LogP contribution in [0, 0.1) is 0 Å². The van der Waals surface area contributed by atoms with Crippen LogP contribution in [-0.4, -0.2) is 0 Å². The fourth-order valence-corrected chi connectivity index (χ4v) is 1.36. The predicted molar refractivity (Wildman–Crippen MR) is 59.3 cm³/mol. The highest BCUT2D eigenvalue weighted by Crippen LogP contribution is 2.29. The second-order valence-corrected chi connectivity index (χ2v) is 5.30. The van der Waals surface area contributed by atoms with Crippen molar-refractivity contribution >= 4 is 0 Å². The van der Waals surface area contributed by atoms with Gasteiger partial charge in [-0.1, -0.05) is 45.0 Å². The molecule has 1 aromatic carbocycles. The monoisotopic (exact) mass is 194 g/mol. The summed E-state index contributed by atoms with van der Waals surface area (Å²) >= 11 is 0. The number of rotatable bonds is 1. The predicted octanol–water partition coefficient (Wildman–Crippen LogP) is 4.19. The van der Waals surface area contributed by atoms with Gasteiger partial charge >= 0.3 is 0 Å². The van der Waals surface area contributed by atoms with Gasteiger partial charge < -0.3 is 0 Å². The van der Waals surface area contributed by atoms with Crippen molar-refractivity contribution in [2.45, 2.75) is 45.7 Å².